The van der Waals surface area contributed by atoms with Gasteiger partial charge < -0.3 is 4.74 Å². The zero-order valence-electron chi connectivity index (χ0n) is 10.6. The predicted molar refractivity (Wildman–Crippen MR) is 70.7 cm³/mol. The Morgan fingerprint density at radius 2 is 2.18 bits per heavy atom. The minimum Gasteiger partial charge on any atom is -0.443 e. The van der Waals surface area contributed by atoms with Crippen molar-refractivity contribution in [1.82, 2.24) is 4.98 Å². The van der Waals surface area contributed by atoms with Gasteiger partial charge in [-0.1, -0.05) is 0 Å². The fourth-order valence-corrected chi connectivity index (χ4v) is 1.54. The van der Waals surface area contributed by atoms with Crippen LogP contribution >= 0.6 is 12.6 Å². The maximum Gasteiger partial charge on any atom is 0.416 e. The smallest absolute Gasteiger partial charge is 0.416 e. The van der Waals surface area contributed by atoms with E-state index in [4.69, 9.17) is 4.74 Å². The number of ether oxygens (including phenoxy) is 1. The number of carbonyl (C=O) groups excluding carboxylic acids is 1. The Bertz CT molecular complexity index is 402. The maximum atomic E-state index is 12.0. The van der Waals surface area contributed by atoms with Gasteiger partial charge in [-0.05, 0) is 39.8 Å². The molecular formula is C12H18N2O2S. The number of hydrogen-bond acceptors (Lipinski definition) is 4. The largest absolute Gasteiger partial charge is 0.443 e. The number of rotatable bonds is 2. The van der Waals surface area contributed by atoms with E-state index in [-0.39, 0.29) is 0 Å². The molecule has 0 unspecified atom stereocenters. The molecule has 0 aliphatic rings. The summed E-state index contributed by atoms with van der Waals surface area (Å²) < 4.78 is 5.31. The highest BCUT2D eigenvalue weighted by atomic mass is 32.1. The van der Waals surface area contributed by atoms with Gasteiger partial charge in [-0.2, -0.15) is 0 Å². The van der Waals surface area contributed by atoms with Crippen molar-refractivity contribution in [3.05, 3.63) is 18.3 Å². The third kappa shape index (κ3) is 3.93. The number of amides is 1. The van der Waals surface area contributed by atoms with Crippen LogP contribution in [0.2, 0.25) is 0 Å². The van der Waals surface area contributed by atoms with E-state index in [0.29, 0.717) is 17.3 Å². The summed E-state index contributed by atoms with van der Waals surface area (Å²) in [6.07, 6.45) is 1.22. The third-order valence-electron chi connectivity index (χ3n) is 1.95. The fraction of sp³-hybridized carbons (Fsp3) is 0.500. The lowest BCUT2D eigenvalue weighted by Crippen LogP contribution is -2.37. The molecule has 1 rings (SSSR count). The van der Waals surface area contributed by atoms with Crippen molar-refractivity contribution in [2.75, 3.05) is 11.4 Å². The summed E-state index contributed by atoms with van der Waals surface area (Å²) in [6.45, 7) is 7.85. The highest BCUT2D eigenvalue weighted by Gasteiger charge is 2.23. The summed E-state index contributed by atoms with van der Waals surface area (Å²) >= 11 is 4.29. The molecular weight excluding hydrogens is 236 g/mol. The lowest BCUT2D eigenvalue weighted by Gasteiger charge is -2.26. The molecule has 0 spiro atoms. The molecule has 17 heavy (non-hydrogen) atoms. The number of nitrogens with zero attached hydrogens (tertiary/aromatic N) is 2. The summed E-state index contributed by atoms with van der Waals surface area (Å²) in [4.78, 5) is 18.2. The summed E-state index contributed by atoms with van der Waals surface area (Å²) in [5, 5.41) is 0. The van der Waals surface area contributed by atoms with Gasteiger partial charge in [0.05, 0.1) is 0 Å². The zero-order chi connectivity index (χ0) is 13.1. The van der Waals surface area contributed by atoms with Gasteiger partial charge in [0.15, 0.2) is 5.82 Å². The molecule has 1 aromatic heterocycles. The van der Waals surface area contributed by atoms with Crippen LogP contribution in [-0.4, -0.2) is 23.2 Å². The lowest BCUT2D eigenvalue weighted by molar-refractivity contribution is 0.0580. The molecule has 0 aliphatic carbocycles. The van der Waals surface area contributed by atoms with E-state index < -0.39 is 11.7 Å². The Hall–Kier alpha value is -1.23. The van der Waals surface area contributed by atoms with E-state index >= 15 is 0 Å². The van der Waals surface area contributed by atoms with Gasteiger partial charge in [-0.15, -0.1) is 12.6 Å². The van der Waals surface area contributed by atoms with E-state index in [1.165, 1.54) is 4.90 Å². The molecule has 1 aromatic rings. The summed E-state index contributed by atoms with van der Waals surface area (Å²) in [5.74, 6) is 0.521. The Balaban J connectivity index is 2.93. The van der Waals surface area contributed by atoms with E-state index in [0.717, 1.165) is 0 Å². The average molecular weight is 254 g/mol. The summed E-state index contributed by atoms with van der Waals surface area (Å²) in [5.41, 5.74) is -0.518. The molecule has 0 aliphatic heterocycles. The van der Waals surface area contributed by atoms with Crippen molar-refractivity contribution in [1.29, 1.82) is 0 Å². The predicted octanol–water partition coefficient (Wildman–Crippen LogP) is 3.13. The Labute approximate surface area is 107 Å². The first kappa shape index (κ1) is 13.8. The van der Waals surface area contributed by atoms with Gasteiger partial charge in [0.2, 0.25) is 0 Å². The summed E-state index contributed by atoms with van der Waals surface area (Å²) in [6, 6.07) is 3.56. The number of pyridine rings is 1. The molecule has 0 aromatic carbocycles. The topological polar surface area (TPSA) is 42.4 Å². The van der Waals surface area contributed by atoms with Crippen molar-refractivity contribution in [3.8, 4) is 0 Å². The van der Waals surface area contributed by atoms with Crippen molar-refractivity contribution in [3.63, 3.8) is 0 Å². The molecule has 1 amide bonds. The molecule has 94 valence electrons. The average Bonchev–Trinajstić information content (AvgIpc) is 2.19. The van der Waals surface area contributed by atoms with Crippen LogP contribution < -0.4 is 4.90 Å². The van der Waals surface area contributed by atoms with Crippen molar-refractivity contribution >= 4 is 24.5 Å². The van der Waals surface area contributed by atoms with Crippen LogP contribution in [0.5, 0.6) is 0 Å². The van der Waals surface area contributed by atoms with Crippen molar-refractivity contribution in [2.24, 2.45) is 0 Å². The molecule has 0 N–H and O–H groups in total. The van der Waals surface area contributed by atoms with Crippen LogP contribution in [0.4, 0.5) is 10.6 Å². The summed E-state index contributed by atoms with van der Waals surface area (Å²) in [7, 11) is 0. The van der Waals surface area contributed by atoms with Crippen LogP contribution in [0.3, 0.4) is 0 Å². The van der Waals surface area contributed by atoms with Gasteiger partial charge in [0, 0.05) is 17.6 Å². The second-order valence-electron chi connectivity index (χ2n) is 4.57. The molecule has 4 nitrogen and oxygen atoms in total. The van der Waals surface area contributed by atoms with Crippen molar-refractivity contribution < 1.29 is 9.53 Å². The number of hydrogen-bond donors (Lipinski definition) is 1. The molecule has 0 saturated carbocycles. The van der Waals surface area contributed by atoms with Gasteiger partial charge >= 0.3 is 6.09 Å². The Kier molecular flexibility index (Phi) is 4.40. The Morgan fingerprint density at radius 3 is 2.65 bits per heavy atom. The number of aromatic nitrogens is 1. The zero-order valence-corrected chi connectivity index (χ0v) is 11.5. The first-order chi connectivity index (χ1) is 7.85. The minimum absolute atomic E-state index is 0.408. The molecule has 0 saturated heterocycles. The van der Waals surface area contributed by atoms with Gasteiger partial charge in [-0.3, -0.25) is 4.90 Å². The van der Waals surface area contributed by atoms with E-state index in [1.54, 1.807) is 18.3 Å². The number of anilines is 1. The fourth-order valence-electron chi connectivity index (χ4n) is 1.28. The maximum absolute atomic E-state index is 12.0. The van der Waals surface area contributed by atoms with Crippen LogP contribution in [-0.2, 0) is 4.74 Å². The highest BCUT2D eigenvalue weighted by molar-refractivity contribution is 7.80. The van der Waals surface area contributed by atoms with Crippen LogP contribution in [0, 0.1) is 0 Å². The first-order valence-electron chi connectivity index (χ1n) is 5.49. The molecule has 0 radical (unpaired) electrons. The van der Waals surface area contributed by atoms with Gasteiger partial charge in [-0.25, -0.2) is 9.78 Å². The minimum atomic E-state index is -0.518. The third-order valence-corrected chi connectivity index (χ3v) is 2.30. The van der Waals surface area contributed by atoms with Gasteiger partial charge in [0.25, 0.3) is 0 Å². The molecule has 0 fully saturated rings. The van der Waals surface area contributed by atoms with Gasteiger partial charge in [0.1, 0.15) is 5.60 Å². The second kappa shape index (κ2) is 5.40. The lowest BCUT2D eigenvalue weighted by atomic mass is 10.2. The van der Waals surface area contributed by atoms with E-state index in [9.17, 15) is 4.79 Å². The molecule has 1 heterocycles. The SMILES string of the molecule is CCN(C(=O)OC(C)(C)C)c1ncccc1S. The Morgan fingerprint density at radius 1 is 1.53 bits per heavy atom. The second-order valence-corrected chi connectivity index (χ2v) is 5.05. The van der Waals surface area contributed by atoms with E-state index in [1.807, 2.05) is 27.7 Å². The van der Waals surface area contributed by atoms with Crippen LogP contribution in [0.1, 0.15) is 27.7 Å². The van der Waals surface area contributed by atoms with E-state index in [2.05, 4.69) is 17.6 Å². The van der Waals surface area contributed by atoms with Crippen molar-refractivity contribution in [2.45, 2.75) is 38.2 Å². The number of carbonyl (C=O) groups is 1. The first-order valence-corrected chi connectivity index (χ1v) is 5.94. The quantitative estimate of drug-likeness (QED) is 0.824. The van der Waals surface area contributed by atoms with Crippen LogP contribution in [0.15, 0.2) is 23.2 Å². The molecule has 0 bridgehead atoms. The monoisotopic (exact) mass is 254 g/mol. The number of thiol groups is 1. The van der Waals surface area contributed by atoms with Crippen LogP contribution in [0.25, 0.3) is 0 Å². The highest BCUT2D eigenvalue weighted by Crippen LogP contribution is 2.22. The molecule has 0 atom stereocenters. The molecule has 5 heteroatoms. The standard InChI is InChI=1S/C12H18N2O2S/c1-5-14(11(15)16-12(2,3)4)10-9(17)7-6-8-13-10/h6-8,17H,5H2,1-4H3. The normalized spacial score (nSPS) is 11.1.